The van der Waals surface area contributed by atoms with Crippen LogP contribution in [0.2, 0.25) is 5.28 Å². The summed E-state index contributed by atoms with van der Waals surface area (Å²) in [4.78, 5) is 12.1. The van der Waals surface area contributed by atoms with Gasteiger partial charge in [-0.2, -0.15) is 0 Å². The predicted octanol–water partition coefficient (Wildman–Crippen LogP) is 3.23. The number of halogens is 2. The topological polar surface area (TPSA) is 43.6 Å². The van der Waals surface area contributed by atoms with Crippen molar-refractivity contribution < 1.29 is 4.39 Å². The molecule has 0 saturated heterocycles. The minimum atomic E-state index is -0.468. The molecule has 0 atom stereocenters. The largest absolute Gasteiger partial charge is 0.328 e. The van der Waals surface area contributed by atoms with E-state index in [1.54, 1.807) is 0 Å². The van der Waals surface area contributed by atoms with Crippen LogP contribution in [0.3, 0.4) is 0 Å². The average Bonchev–Trinajstić information content (AvgIpc) is 2.80. The summed E-state index contributed by atoms with van der Waals surface area (Å²) < 4.78 is 15.8. The molecule has 4 nitrogen and oxygen atoms in total. The summed E-state index contributed by atoms with van der Waals surface area (Å²) in [6, 6.07) is 7.83. The van der Waals surface area contributed by atoms with Gasteiger partial charge in [0.15, 0.2) is 5.82 Å². The quantitative estimate of drug-likeness (QED) is 0.696. The highest BCUT2D eigenvalue weighted by Crippen LogP contribution is 2.19. The first-order valence-corrected chi connectivity index (χ1v) is 6.68. The van der Waals surface area contributed by atoms with Gasteiger partial charge < -0.3 is 4.57 Å². The lowest BCUT2D eigenvalue weighted by molar-refractivity contribution is 0.590. The Morgan fingerprint density at radius 2 is 2.05 bits per heavy atom. The number of hydrogen-bond donors (Lipinski definition) is 0. The second-order valence-corrected chi connectivity index (χ2v) is 4.71. The fourth-order valence-electron chi connectivity index (χ4n) is 2.27. The highest BCUT2D eigenvalue weighted by atomic mass is 35.5. The summed E-state index contributed by atoms with van der Waals surface area (Å²) in [6.07, 6.45) is 1.38. The molecule has 0 aliphatic carbocycles. The Bertz CT molecular complexity index is 769. The molecule has 102 valence electrons. The zero-order chi connectivity index (χ0) is 14.1. The molecule has 2 aromatic heterocycles. The zero-order valence-corrected chi connectivity index (χ0v) is 11.6. The van der Waals surface area contributed by atoms with Crippen LogP contribution in [0.15, 0.2) is 30.5 Å². The normalized spacial score (nSPS) is 11.2. The molecule has 0 saturated carbocycles. The molecule has 0 bridgehead atoms. The molecule has 3 aromatic rings. The van der Waals surface area contributed by atoms with Crippen molar-refractivity contribution in [3.63, 3.8) is 0 Å². The molecule has 20 heavy (non-hydrogen) atoms. The highest BCUT2D eigenvalue weighted by molar-refractivity contribution is 6.28. The summed E-state index contributed by atoms with van der Waals surface area (Å²) in [5.74, 6) is 0.298. The smallest absolute Gasteiger partial charge is 0.222 e. The number of hydrogen-bond acceptors (Lipinski definition) is 3. The summed E-state index contributed by atoms with van der Waals surface area (Å²) >= 11 is 5.72. The van der Waals surface area contributed by atoms with E-state index in [0.717, 1.165) is 29.6 Å². The van der Waals surface area contributed by atoms with Gasteiger partial charge in [-0.1, -0.05) is 12.1 Å². The van der Waals surface area contributed by atoms with E-state index in [4.69, 9.17) is 11.6 Å². The number of benzene rings is 1. The monoisotopic (exact) mass is 290 g/mol. The van der Waals surface area contributed by atoms with Crippen LogP contribution in [0.4, 0.5) is 4.39 Å². The average molecular weight is 291 g/mol. The Hall–Kier alpha value is -2.01. The number of imidazole rings is 1. The van der Waals surface area contributed by atoms with Gasteiger partial charge in [0.1, 0.15) is 5.82 Å². The van der Waals surface area contributed by atoms with Crippen LogP contribution < -0.4 is 0 Å². The number of rotatable bonds is 3. The van der Waals surface area contributed by atoms with Gasteiger partial charge in [-0.15, -0.1) is 0 Å². The summed E-state index contributed by atoms with van der Waals surface area (Å²) in [6.45, 7) is 2.79. The molecule has 0 amide bonds. The van der Waals surface area contributed by atoms with E-state index in [1.807, 2.05) is 35.8 Å². The fourth-order valence-corrected chi connectivity index (χ4v) is 2.42. The lowest BCUT2D eigenvalue weighted by atomic mass is 10.2. The second-order valence-electron chi connectivity index (χ2n) is 4.37. The van der Waals surface area contributed by atoms with Crippen LogP contribution in [0, 0.1) is 5.82 Å². The third kappa shape index (κ3) is 2.25. The van der Waals surface area contributed by atoms with Gasteiger partial charge in [0.05, 0.1) is 29.3 Å². The summed E-state index contributed by atoms with van der Waals surface area (Å²) in [5, 5.41) is 0.0422. The van der Waals surface area contributed by atoms with Crippen molar-refractivity contribution in [1.82, 2.24) is 19.5 Å². The van der Waals surface area contributed by atoms with E-state index in [9.17, 15) is 4.39 Å². The number of nitrogens with zero attached hydrogens (tertiary/aromatic N) is 4. The molecule has 0 aliphatic heterocycles. The van der Waals surface area contributed by atoms with Crippen molar-refractivity contribution >= 4 is 22.6 Å². The molecule has 6 heteroatoms. The van der Waals surface area contributed by atoms with Gasteiger partial charge in [0.25, 0.3) is 0 Å². The van der Waals surface area contributed by atoms with E-state index in [-0.39, 0.29) is 17.4 Å². The third-order valence-electron chi connectivity index (χ3n) is 3.16. The number of para-hydroxylation sites is 2. The van der Waals surface area contributed by atoms with Gasteiger partial charge in [-0.3, -0.25) is 0 Å². The predicted molar refractivity (Wildman–Crippen MR) is 75.2 cm³/mol. The molecule has 0 aliphatic rings. The number of aryl methyl sites for hydroxylation is 1. The van der Waals surface area contributed by atoms with Crippen LogP contribution in [-0.4, -0.2) is 19.5 Å². The van der Waals surface area contributed by atoms with Crippen LogP contribution in [0.1, 0.15) is 18.4 Å². The molecular weight excluding hydrogens is 279 g/mol. The van der Waals surface area contributed by atoms with Crippen molar-refractivity contribution in [3.8, 4) is 0 Å². The number of fused-ring (bicyclic) bond motifs is 1. The first kappa shape index (κ1) is 13.0. The van der Waals surface area contributed by atoms with E-state index in [1.165, 1.54) is 0 Å². The standard InChI is InChI=1S/C14H12ClFN4/c1-2-20-12-6-4-3-5-10(12)18-13(20)7-11-9(16)8-17-14(15)19-11/h3-6,8H,2,7H2,1H3. The second kappa shape index (κ2) is 5.17. The van der Waals surface area contributed by atoms with Crippen molar-refractivity contribution in [2.24, 2.45) is 0 Å². The Morgan fingerprint density at radius 3 is 2.85 bits per heavy atom. The van der Waals surface area contributed by atoms with Crippen molar-refractivity contribution in [2.45, 2.75) is 19.9 Å². The van der Waals surface area contributed by atoms with Gasteiger partial charge in [0.2, 0.25) is 5.28 Å². The third-order valence-corrected chi connectivity index (χ3v) is 3.34. The highest BCUT2D eigenvalue weighted by Gasteiger charge is 2.13. The van der Waals surface area contributed by atoms with E-state index in [2.05, 4.69) is 15.0 Å². The first-order valence-electron chi connectivity index (χ1n) is 6.30. The molecule has 2 heterocycles. The molecule has 0 N–H and O–H groups in total. The van der Waals surface area contributed by atoms with Crippen LogP contribution in [0.25, 0.3) is 11.0 Å². The maximum atomic E-state index is 13.7. The minimum Gasteiger partial charge on any atom is -0.328 e. The Labute approximate surface area is 120 Å². The number of aromatic nitrogens is 4. The molecule has 0 fully saturated rings. The van der Waals surface area contributed by atoms with Crippen LogP contribution >= 0.6 is 11.6 Å². The zero-order valence-electron chi connectivity index (χ0n) is 10.8. The summed E-state index contributed by atoms with van der Waals surface area (Å²) in [5.41, 5.74) is 2.19. The first-order chi connectivity index (χ1) is 9.69. The maximum absolute atomic E-state index is 13.7. The SMILES string of the molecule is CCn1c(Cc2nc(Cl)ncc2F)nc2ccccc21. The van der Waals surface area contributed by atoms with Crippen LogP contribution in [-0.2, 0) is 13.0 Å². The van der Waals surface area contributed by atoms with E-state index >= 15 is 0 Å². The fraction of sp³-hybridized carbons (Fsp3) is 0.214. The van der Waals surface area contributed by atoms with Gasteiger partial charge in [-0.05, 0) is 30.7 Å². The lowest BCUT2D eigenvalue weighted by Gasteiger charge is -2.06. The summed E-state index contributed by atoms with van der Waals surface area (Å²) in [7, 11) is 0. The van der Waals surface area contributed by atoms with Gasteiger partial charge in [-0.25, -0.2) is 19.3 Å². The van der Waals surface area contributed by atoms with Crippen molar-refractivity contribution in [1.29, 1.82) is 0 Å². The van der Waals surface area contributed by atoms with Crippen molar-refractivity contribution in [3.05, 3.63) is 53.1 Å². The van der Waals surface area contributed by atoms with E-state index in [0.29, 0.717) is 0 Å². The molecular formula is C14H12ClFN4. The molecule has 3 rings (SSSR count). The maximum Gasteiger partial charge on any atom is 0.222 e. The minimum absolute atomic E-state index is 0.0422. The van der Waals surface area contributed by atoms with Crippen molar-refractivity contribution in [2.75, 3.05) is 0 Å². The molecule has 1 aromatic carbocycles. The Kier molecular flexibility index (Phi) is 3.36. The van der Waals surface area contributed by atoms with Gasteiger partial charge in [0, 0.05) is 6.54 Å². The van der Waals surface area contributed by atoms with E-state index < -0.39 is 5.82 Å². The molecule has 0 unspecified atom stereocenters. The Balaban J connectivity index is 2.08. The lowest BCUT2D eigenvalue weighted by Crippen LogP contribution is -2.06. The Morgan fingerprint density at radius 1 is 1.25 bits per heavy atom. The molecule has 0 radical (unpaired) electrons. The van der Waals surface area contributed by atoms with Gasteiger partial charge >= 0.3 is 0 Å². The molecule has 0 spiro atoms. The van der Waals surface area contributed by atoms with Crippen LogP contribution in [0.5, 0.6) is 0 Å².